The number of carbonyl (C=O) groups is 3. The first kappa shape index (κ1) is 32.8. The van der Waals surface area contributed by atoms with Crippen LogP contribution in [0.2, 0.25) is 0 Å². The average Bonchev–Trinajstić information content (AvgIpc) is 2.60. The largest absolute Gasteiger partial charge is 1.00 e. The van der Waals surface area contributed by atoms with E-state index in [4.69, 9.17) is 0 Å². The molecule has 0 aliphatic carbocycles. The molecule has 2 rings (SSSR count). The Kier molecular flexibility index (Phi) is 17.4. The Morgan fingerprint density at radius 2 is 1.43 bits per heavy atom. The molecule has 0 spiro atoms. The fourth-order valence-electron chi connectivity index (χ4n) is 1.92. The van der Waals surface area contributed by atoms with Crippen LogP contribution in [0.5, 0.6) is 5.75 Å². The summed E-state index contributed by atoms with van der Waals surface area (Å²) in [7, 11) is 0. The molecule has 30 heavy (non-hydrogen) atoms. The molecule has 0 aliphatic heterocycles. The maximum absolute atomic E-state index is 11.8. The predicted octanol–water partition coefficient (Wildman–Crippen LogP) is -7.60. The van der Waals surface area contributed by atoms with Crippen LogP contribution in [-0.4, -0.2) is 40.4 Å². The molecule has 0 fully saturated rings. The van der Waals surface area contributed by atoms with Gasteiger partial charge < -0.3 is 41.2 Å². The molecular weight excluding hydrogens is 420 g/mol. The predicted molar refractivity (Wildman–Crippen MR) is 92.2 cm³/mol. The normalized spacial score (nSPS) is 9.20. The molecule has 0 aliphatic rings. The van der Waals surface area contributed by atoms with Gasteiger partial charge in [0.2, 0.25) is 0 Å². The van der Waals surface area contributed by atoms with Gasteiger partial charge in [-0.05, 0) is 42.5 Å². The van der Waals surface area contributed by atoms with Gasteiger partial charge in [0.25, 0.3) is 5.91 Å². The number of hydrogen-bond donors (Lipinski definition) is 2. The minimum atomic E-state index is -1.53. The van der Waals surface area contributed by atoms with E-state index in [2.05, 4.69) is 15.5 Å². The zero-order valence-electron chi connectivity index (χ0n) is 16.3. The van der Waals surface area contributed by atoms with E-state index in [1.54, 1.807) is 0 Å². The Labute approximate surface area is 215 Å². The first-order chi connectivity index (χ1) is 12.4. The number of aromatic hydroxyl groups is 1. The van der Waals surface area contributed by atoms with Gasteiger partial charge >= 0.3 is 59.1 Å². The molecule has 2 aromatic carbocycles. The summed E-state index contributed by atoms with van der Waals surface area (Å²) >= 11 is 0. The molecule has 2 aromatic rings. The average molecular weight is 437 g/mol. The molecule has 150 valence electrons. The van der Waals surface area contributed by atoms with Crippen molar-refractivity contribution >= 4 is 29.2 Å². The van der Waals surface area contributed by atoms with Gasteiger partial charge in [-0.3, -0.25) is 4.79 Å². The van der Waals surface area contributed by atoms with Crippen molar-refractivity contribution in [2.24, 2.45) is 10.2 Å². The molecule has 1 amide bonds. The SMILES string of the molecule is O.O.O=C([O-])CCNC(=O)c1ccc(/N=N/c2ccc(O)c(C(=O)[O-])c2)cc1.[Na+].[Na+]. The number of phenols is 1. The summed E-state index contributed by atoms with van der Waals surface area (Å²) in [6.45, 7) is -0.0375. The first-order valence-corrected chi connectivity index (χ1v) is 7.41. The van der Waals surface area contributed by atoms with Crippen molar-refractivity contribution in [3.05, 3.63) is 53.6 Å². The van der Waals surface area contributed by atoms with Gasteiger partial charge in [-0.1, -0.05) is 0 Å². The molecule has 0 radical (unpaired) electrons. The number of carboxylic acids is 2. The van der Waals surface area contributed by atoms with Crippen LogP contribution in [0, 0.1) is 0 Å². The van der Waals surface area contributed by atoms with Crippen LogP contribution in [-0.2, 0) is 4.79 Å². The third-order valence-corrected chi connectivity index (χ3v) is 3.23. The number of benzene rings is 2. The summed E-state index contributed by atoms with van der Waals surface area (Å²) in [5.74, 6) is -3.66. The molecule has 0 atom stereocenters. The molecule has 0 saturated heterocycles. The number of hydrogen-bond acceptors (Lipinski definition) is 8. The van der Waals surface area contributed by atoms with E-state index in [1.807, 2.05) is 0 Å². The van der Waals surface area contributed by atoms with Gasteiger partial charge in [-0.15, -0.1) is 0 Å². The number of aromatic carboxylic acids is 1. The van der Waals surface area contributed by atoms with E-state index in [0.717, 1.165) is 6.07 Å². The van der Waals surface area contributed by atoms with Gasteiger partial charge in [0.05, 0.1) is 17.3 Å². The summed E-state index contributed by atoms with van der Waals surface area (Å²) in [5, 5.41) is 40.7. The number of amides is 1. The third kappa shape index (κ3) is 10.3. The maximum Gasteiger partial charge on any atom is 1.00 e. The molecule has 0 unspecified atom stereocenters. The van der Waals surface area contributed by atoms with Crippen molar-refractivity contribution in [2.45, 2.75) is 6.42 Å². The molecule has 0 bridgehead atoms. The smallest absolute Gasteiger partial charge is 0.550 e. The third-order valence-electron chi connectivity index (χ3n) is 3.23. The zero-order chi connectivity index (χ0) is 19.1. The number of nitrogens with one attached hydrogen (secondary N) is 1. The molecular formula is C17H17N3Na2O8. The van der Waals surface area contributed by atoms with Gasteiger partial charge in [0, 0.05) is 30.1 Å². The number of rotatable bonds is 7. The van der Waals surface area contributed by atoms with E-state index >= 15 is 0 Å². The van der Waals surface area contributed by atoms with E-state index < -0.39 is 29.2 Å². The van der Waals surface area contributed by atoms with Crippen LogP contribution in [0.25, 0.3) is 0 Å². The number of nitrogens with zero attached hydrogens (tertiary/aromatic N) is 2. The second-order valence-electron chi connectivity index (χ2n) is 5.11. The Balaban J connectivity index is -0.00000182. The maximum atomic E-state index is 11.8. The molecule has 11 nitrogen and oxygen atoms in total. The van der Waals surface area contributed by atoms with Crippen LogP contribution < -0.4 is 74.6 Å². The van der Waals surface area contributed by atoms with Crippen molar-refractivity contribution < 1.29 is 99.8 Å². The second kappa shape index (κ2) is 15.9. The van der Waals surface area contributed by atoms with Crippen LogP contribution in [0.3, 0.4) is 0 Å². The van der Waals surface area contributed by atoms with Gasteiger partial charge in [-0.2, -0.15) is 10.2 Å². The van der Waals surface area contributed by atoms with Gasteiger partial charge in [-0.25, -0.2) is 0 Å². The van der Waals surface area contributed by atoms with Crippen LogP contribution in [0.1, 0.15) is 27.1 Å². The van der Waals surface area contributed by atoms with Crippen LogP contribution in [0.4, 0.5) is 11.4 Å². The fraction of sp³-hybridized carbons (Fsp3) is 0.118. The quantitative estimate of drug-likeness (QED) is 0.316. The molecule has 0 heterocycles. The second-order valence-corrected chi connectivity index (χ2v) is 5.11. The molecule has 6 N–H and O–H groups in total. The monoisotopic (exact) mass is 437 g/mol. The number of azo groups is 1. The summed E-state index contributed by atoms with van der Waals surface area (Å²) in [6.07, 6.45) is -0.279. The van der Waals surface area contributed by atoms with Crippen molar-refractivity contribution in [3.8, 4) is 5.75 Å². The van der Waals surface area contributed by atoms with Crippen molar-refractivity contribution in [1.82, 2.24) is 5.32 Å². The summed E-state index contributed by atoms with van der Waals surface area (Å²) in [5.41, 5.74) is 0.515. The molecule has 0 saturated carbocycles. The molecule has 0 aromatic heterocycles. The first-order valence-electron chi connectivity index (χ1n) is 7.41. The van der Waals surface area contributed by atoms with Gasteiger partial charge in [0.1, 0.15) is 5.75 Å². The van der Waals surface area contributed by atoms with Gasteiger partial charge in [0.15, 0.2) is 0 Å². The van der Waals surface area contributed by atoms with Crippen molar-refractivity contribution in [1.29, 1.82) is 0 Å². The number of carbonyl (C=O) groups excluding carboxylic acids is 3. The van der Waals surface area contributed by atoms with Crippen LogP contribution in [0.15, 0.2) is 52.7 Å². The van der Waals surface area contributed by atoms with Crippen molar-refractivity contribution in [2.75, 3.05) is 6.54 Å². The number of aliphatic carboxylic acids is 1. The minimum absolute atomic E-state index is 0. The number of carboxylic acid groups (broad SMARTS) is 2. The standard InChI is InChI=1S/C17H15N3O6.2Na.2H2O/c21-14-6-5-12(9-13(14)17(25)26)20-19-11-3-1-10(2-4-11)16(24)18-8-7-15(22)23;;;;/h1-6,9,21H,7-8H2,(H,18,24)(H,22,23)(H,25,26);;;2*1H2/q;2*+1;;/p-2/b20-19+;;;;. The van der Waals surface area contributed by atoms with E-state index in [1.165, 1.54) is 36.4 Å². The topological polar surface area (TPSA) is 217 Å². The van der Waals surface area contributed by atoms with E-state index in [9.17, 15) is 29.7 Å². The minimum Gasteiger partial charge on any atom is -0.550 e. The Hall–Kier alpha value is -1.83. The molecule has 13 heteroatoms. The van der Waals surface area contributed by atoms with E-state index in [-0.39, 0.29) is 88.7 Å². The van der Waals surface area contributed by atoms with Crippen LogP contribution >= 0.6 is 0 Å². The zero-order valence-corrected chi connectivity index (χ0v) is 20.3. The van der Waals surface area contributed by atoms with Crippen molar-refractivity contribution in [3.63, 3.8) is 0 Å². The summed E-state index contributed by atoms with van der Waals surface area (Å²) < 4.78 is 0. The summed E-state index contributed by atoms with van der Waals surface area (Å²) in [4.78, 5) is 32.9. The summed E-state index contributed by atoms with van der Waals surface area (Å²) in [6, 6.07) is 9.64. The Morgan fingerprint density at radius 3 is 1.97 bits per heavy atom. The fourth-order valence-corrected chi connectivity index (χ4v) is 1.92. The Morgan fingerprint density at radius 1 is 0.900 bits per heavy atom. The Bertz CT molecular complexity index is 876. The van der Waals surface area contributed by atoms with E-state index in [0.29, 0.717) is 11.3 Å².